The van der Waals surface area contributed by atoms with Crippen molar-refractivity contribution in [2.75, 3.05) is 33.2 Å². The van der Waals surface area contributed by atoms with Gasteiger partial charge < -0.3 is 14.6 Å². The number of aliphatic hydroxyl groups excluding tert-OH is 1. The van der Waals surface area contributed by atoms with Crippen molar-refractivity contribution >= 4 is 17.4 Å². The summed E-state index contributed by atoms with van der Waals surface area (Å²) in [5.41, 5.74) is 0. The van der Waals surface area contributed by atoms with Gasteiger partial charge in [0.1, 0.15) is 6.79 Å². The molecular formula is C6H11NO3S. The number of aliphatic hydroxyl groups is 1. The summed E-state index contributed by atoms with van der Waals surface area (Å²) >= 11 is 4.34. The van der Waals surface area contributed by atoms with Crippen molar-refractivity contribution in [3.8, 4) is 0 Å². The summed E-state index contributed by atoms with van der Waals surface area (Å²) in [6.07, 6.45) is 0. The predicted molar refractivity (Wildman–Crippen MR) is 43.7 cm³/mol. The minimum Gasteiger partial charge on any atom is -0.377 e. The van der Waals surface area contributed by atoms with Crippen molar-refractivity contribution in [3.63, 3.8) is 0 Å². The average molecular weight is 177 g/mol. The molecule has 4 nitrogen and oxygen atoms in total. The summed E-state index contributed by atoms with van der Waals surface area (Å²) < 4.78 is 9.63. The van der Waals surface area contributed by atoms with Crippen LogP contribution >= 0.6 is 12.2 Å². The fourth-order valence-corrected chi connectivity index (χ4v) is 0.532. The predicted octanol–water partition coefficient (Wildman–Crippen LogP) is 0.0722. The molecule has 0 aromatic carbocycles. The number of thiocarbonyl (C=S) groups is 1. The molecule has 0 bridgehead atoms. The van der Waals surface area contributed by atoms with E-state index >= 15 is 0 Å². The Kier molecular flexibility index (Phi) is 9.40. The molecule has 0 aliphatic heterocycles. The van der Waals surface area contributed by atoms with Gasteiger partial charge in [-0.25, -0.2) is 4.99 Å². The molecule has 0 fully saturated rings. The van der Waals surface area contributed by atoms with Crippen molar-refractivity contribution < 1.29 is 14.6 Å². The SMILES string of the molecule is OCOCCOCCN=C=S. The van der Waals surface area contributed by atoms with E-state index in [-0.39, 0.29) is 6.79 Å². The number of hydrogen-bond donors (Lipinski definition) is 1. The largest absolute Gasteiger partial charge is 0.377 e. The molecule has 0 radical (unpaired) electrons. The van der Waals surface area contributed by atoms with Crippen LogP contribution in [0.25, 0.3) is 0 Å². The Labute approximate surface area is 70.8 Å². The van der Waals surface area contributed by atoms with Gasteiger partial charge >= 0.3 is 0 Å². The number of rotatable bonds is 7. The van der Waals surface area contributed by atoms with Crippen molar-refractivity contribution in [3.05, 3.63) is 0 Å². The second-order valence-electron chi connectivity index (χ2n) is 1.62. The number of ether oxygens (including phenoxy) is 2. The van der Waals surface area contributed by atoms with E-state index in [1.807, 2.05) is 0 Å². The number of aliphatic imine (C=N–C) groups is 1. The van der Waals surface area contributed by atoms with Gasteiger partial charge in [-0.1, -0.05) is 0 Å². The molecule has 5 heteroatoms. The summed E-state index contributed by atoms with van der Waals surface area (Å²) in [5, 5.41) is 10.4. The molecule has 0 aromatic rings. The van der Waals surface area contributed by atoms with Gasteiger partial charge in [0.05, 0.1) is 31.5 Å². The highest BCUT2D eigenvalue weighted by atomic mass is 32.1. The van der Waals surface area contributed by atoms with Crippen molar-refractivity contribution in [1.29, 1.82) is 0 Å². The summed E-state index contributed by atoms with van der Waals surface area (Å²) in [7, 11) is 0. The fraction of sp³-hybridized carbons (Fsp3) is 0.833. The smallest absolute Gasteiger partial charge is 0.143 e. The van der Waals surface area contributed by atoms with Crippen LogP contribution in [0.4, 0.5) is 0 Å². The molecule has 0 saturated carbocycles. The zero-order valence-electron chi connectivity index (χ0n) is 6.15. The molecule has 0 aliphatic rings. The summed E-state index contributed by atoms with van der Waals surface area (Å²) in [6.45, 7) is 1.65. The molecule has 11 heavy (non-hydrogen) atoms. The second-order valence-corrected chi connectivity index (χ2v) is 1.81. The van der Waals surface area contributed by atoms with Gasteiger partial charge in [-0.05, 0) is 12.2 Å². The highest BCUT2D eigenvalue weighted by Gasteiger charge is 1.86. The highest BCUT2D eigenvalue weighted by molar-refractivity contribution is 7.78. The van der Waals surface area contributed by atoms with E-state index in [0.717, 1.165) is 0 Å². The maximum absolute atomic E-state index is 8.19. The molecule has 0 aromatic heterocycles. The number of hydrogen-bond acceptors (Lipinski definition) is 5. The van der Waals surface area contributed by atoms with Crippen LogP contribution in [0, 0.1) is 0 Å². The van der Waals surface area contributed by atoms with Crippen LogP contribution < -0.4 is 0 Å². The lowest BCUT2D eigenvalue weighted by molar-refractivity contribution is -0.0281. The molecule has 0 saturated heterocycles. The standard InChI is InChI=1S/C6H11NO3S/c8-6-10-4-3-9-2-1-7-5-11/h8H,1-4,6H2. The average Bonchev–Trinajstić information content (AvgIpc) is 2.03. The molecule has 0 heterocycles. The van der Waals surface area contributed by atoms with Crippen molar-refractivity contribution in [2.45, 2.75) is 0 Å². The van der Waals surface area contributed by atoms with Crippen LogP contribution in [0.1, 0.15) is 0 Å². The zero-order valence-corrected chi connectivity index (χ0v) is 6.97. The maximum Gasteiger partial charge on any atom is 0.143 e. The lowest BCUT2D eigenvalue weighted by atomic mass is 10.7. The third-order valence-corrected chi connectivity index (χ3v) is 1.00. The first-order valence-corrected chi connectivity index (χ1v) is 3.62. The first-order chi connectivity index (χ1) is 5.41. The first kappa shape index (κ1) is 10.7. The lowest BCUT2D eigenvalue weighted by Crippen LogP contribution is -2.06. The van der Waals surface area contributed by atoms with Gasteiger partial charge in [0, 0.05) is 0 Å². The zero-order chi connectivity index (χ0) is 8.36. The fourth-order valence-electron chi connectivity index (χ4n) is 0.440. The molecule has 64 valence electrons. The molecule has 0 amide bonds. The van der Waals surface area contributed by atoms with E-state index in [1.54, 1.807) is 0 Å². The van der Waals surface area contributed by atoms with Gasteiger partial charge in [0.25, 0.3) is 0 Å². The Morgan fingerprint density at radius 1 is 1.27 bits per heavy atom. The minimum atomic E-state index is -0.262. The van der Waals surface area contributed by atoms with E-state index in [9.17, 15) is 0 Å². The maximum atomic E-state index is 8.19. The Bertz CT molecular complexity index is 125. The van der Waals surface area contributed by atoms with Crippen LogP contribution in [0.15, 0.2) is 4.99 Å². The minimum absolute atomic E-state index is 0.262. The summed E-state index contributed by atoms with van der Waals surface area (Å²) in [5.74, 6) is 0. The Hall–Kier alpha value is -0.320. The molecule has 0 rings (SSSR count). The Morgan fingerprint density at radius 2 is 2.00 bits per heavy atom. The van der Waals surface area contributed by atoms with Crippen molar-refractivity contribution in [2.24, 2.45) is 4.99 Å². The van der Waals surface area contributed by atoms with Gasteiger partial charge in [-0.15, -0.1) is 0 Å². The topological polar surface area (TPSA) is 51.0 Å². The van der Waals surface area contributed by atoms with E-state index in [4.69, 9.17) is 9.84 Å². The van der Waals surface area contributed by atoms with Crippen LogP contribution in [-0.4, -0.2) is 43.4 Å². The molecule has 0 atom stereocenters. The summed E-state index contributed by atoms with van der Waals surface area (Å²) in [6, 6.07) is 0. The highest BCUT2D eigenvalue weighted by Crippen LogP contribution is 1.77. The van der Waals surface area contributed by atoms with Crippen LogP contribution in [0.2, 0.25) is 0 Å². The Balaban J connectivity index is 2.84. The second kappa shape index (κ2) is 9.68. The van der Waals surface area contributed by atoms with Crippen molar-refractivity contribution in [1.82, 2.24) is 0 Å². The monoisotopic (exact) mass is 177 g/mol. The Morgan fingerprint density at radius 3 is 2.64 bits per heavy atom. The molecule has 0 unspecified atom stereocenters. The van der Waals surface area contributed by atoms with Gasteiger partial charge in [-0.3, -0.25) is 0 Å². The van der Waals surface area contributed by atoms with Crippen LogP contribution in [0.5, 0.6) is 0 Å². The van der Waals surface area contributed by atoms with E-state index in [2.05, 4.69) is 27.1 Å². The van der Waals surface area contributed by atoms with Gasteiger partial charge in [-0.2, -0.15) is 0 Å². The first-order valence-electron chi connectivity index (χ1n) is 3.21. The normalized spacial score (nSPS) is 9.18. The molecule has 0 aliphatic carbocycles. The molecular weight excluding hydrogens is 166 g/mol. The summed E-state index contributed by atoms with van der Waals surface area (Å²) in [4.78, 5) is 3.64. The van der Waals surface area contributed by atoms with Crippen LogP contribution in [-0.2, 0) is 9.47 Å². The molecule has 0 spiro atoms. The van der Waals surface area contributed by atoms with Gasteiger partial charge in [0.2, 0.25) is 0 Å². The lowest BCUT2D eigenvalue weighted by Gasteiger charge is -2.00. The third-order valence-electron chi connectivity index (χ3n) is 0.875. The van der Waals surface area contributed by atoms with Gasteiger partial charge in [0.15, 0.2) is 0 Å². The number of nitrogens with zero attached hydrogens (tertiary/aromatic N) is 1. The van der Waals surface area contributed by atoms with E-state index in [1.165, 1.54) is 0 Å². The third kappa shape index (κ3) is 9.68. The van der Waals surface area contributed by atoms with Crippen LogP contribution in [0.3, 0.4) is 0 Å². The number of isothiocyanates is 1. The molecule has 1 N–H and O–H groups in total. The van der Waals surface area contributed by atoms with E-state index in [0.29, 0.717) is 26.4 Å². The quantitative estimate of drug-likeness (QED) is 0.259. The van der Waals surface area contributed by atoms with E-state index < -0.39 is 0 Å².